The molecule has 31 heavy (non-hydrogen) atoms. The number of nitrogens with one attached hydrogen (secondary N) is 1. The lowest BCUT2D eigenvalue weighted by Gasteiger charge is -2.25. The highest BCUT2D eigenvalue weighted by Crippen LogP contribution is 2.27. The highest BCUT2D eigenvalue weighted by atomic mass is 32.2. The van der Waals surface area contributed by atoms with Gasteiger partial charge in [-0.1, -0.05) is 91.9 Å². The smallest absolute Gasteiger partial charge is 0.193 e. The number of hydrogen-bond donors (Lipinski definition) is 2. The van der Waals surface area contributed by atoms with Crippen LogP contribution >= 0.6 is 0 Å². The van der Waals surface area contributed by atoms with Crippen LogP contribution in [0.15, 0.2) is 91.5 Å². The summed E-state index contributed by atoms with van der Waals surface area (Å²) in [6.45, 7) is 6.10. The first-order valence-electron chi connectivity index (χ1n) is 10.3. The average molecular weight is 434 g/mol. The lowest BCUT2D eigenvalue weighted by atomic mass is 9.92. The van der Waals surface area contributed by atoms with Gasteiger partial charge in [0, 0.05) is 17.2 Å². The molecule has 0 saturated carbocycles. The van der Waals surface area contributed by atoms with Gasteiger partial charge in [0.1, 0.15) is 0 Å². The lowest BCUT2D eigenvalue weighted by molar-refractivity contribution is 0.103. The molecule has 0 bridgehead atoms. The van der Waals surface area contributed by atoms with Crippen molar-refractivity contribution in [2.75, 3.05) is 0 Å². The summed E-state index contributed by atoms with van der Waals surface area (Å²) in [5.41, 5.74) is 4.09. The minimum absolute atomic E-state index is 0.0146. The summed E-state index contributed by atoms with van der Waals surface area (Å²) in [5, 5.41) is 3.61. The molecule has 3 unspecified atom stereocenters. The van der Waals surface area contributed by atoms with Gasteiger partial charge in [-0.25, -0.2) is 4.21 Å². The minimum Gasteiger partial charge on any atom is -0.306 e. The van der Waals surface area contributed by atoms with Gasteiger partial charge in [-0.15, -0.1) is 6.58 Å². The molecule has 0 radical (unpaired) electrons. The quantitative estimate of drug-likeness (QED) is 0.248. The molecule has 0 aromatic heterocycles. The van der Waals surface area contributed by atoms with Gasteiger partial charge < -0.3 is 4.55 Å². The first kappa shape index (κ1) is 22.8. The predicted octanol–water partition coefficient (Wildman–Crippen LogP) is 5.61. The largest absolute Gasteiger partial charge is 0.306 e. The second-order valence-corrected chi connectivity index (χ2v) is 8.26. The molecule has 0 amide bonds. The molecule has 0 heterocycles. The van der Waals surface area contributed by atoms with Crippen molar-refractivity contribution in [3.05, 3.63) is 119 Å². The van der Waals surface area contributed by atoms with E-state index in [4.69, 9.17) is 4.55 Å². The molecule has 3 aromatic carbocycles. The SMILES string of the molecule is C=CC(NC(CC)c1ccc(CS(=O)O)cc1)c1ccccc1C(=O)c1ccccc1. The standard InChI is InChI=1S/C26H27NO3S/c1-3-24(20-16-14-19(15-17-20)18-31(29)30)27-25(4-2)22-12-8-9-13-23(22)26(28)21-10-6-5-7-11-21/h4-17,24-25,27H,2-3,18H2,1H3,(H,29,30). The molecule has 0 aliphatic heterocycles. The van der Waals surface area contributed by atoms with Crippen molar-refractivity contribution in [3.8, 4) is 0 Å². The van der Waals surface area contributed by atoms with Crippen LogP contribution in [0, 0.1) is 0 Å². The molecule has 160 valence electrons. The highest BCUT2D eigenvalue weighted by molar-refractivity contribution is 7.78. The molecule has 3 aromatic rings. The molecular weight excluding hydrogens is 406 g/mol. The maximum atomic E-state index is 13.1. The van der Waals surface area contributed by atoms with E-state index >= 15 is 0 Å². The van der Waals surface area contributed by atoms with Crippen LogP contribution in [0.5, 0.6) is 0 Å². The van der Waals surface area contributed by atoms with Gasteiger partial charge in [-0.3, -0.25) is 10.1 Å². The van der Waals surface area contributed by atoms with Gasteiger partial charge >= 0.3 is 0 Å². The zero-order chi connectivity index (χ0) is 22.2. The third-order valence-electron chi connectivity index (χ3n) is 5.27. The van der Waals surface area contributed by atoms with Crippen molar-refractivity contribution in [1.82, 2.24) is 5.32 Å². The third kappa shape index (κ3) is 5.85. The Balaban J connectivity index is 1.86. The van der Waals surface area contributed by atoms with Gasteiger partial charge in [0.2, 0.25) is 0 Å². The molecule has 2 N–H and O–H groups in total. The fourth-order valence-electron chi connectivity index (χ4n) is 3.66. The Labute approximate surface area is 186 Å². The minimum atomic E-state index is -1.86. The van der Waals surface area contributed by atoms with Crippen molar-refractivity contribution in [2.45, 2.75) is 31.2 Å². The summed E-state index contributed by atoms with van der Waals surface area (Å²) in [6, 6.07) is 24.4. The van der Waals surface area contributed by atoms with Crippen LogP contribution in [-0.4, -0.2) is 14.5 Å². The van der Waals surface area contributed by atoms with Crippen LogP contribution in [0.4, 0.5) is 0 Å². The summed E-state index contributed by atoms with van der Waals surface area (Å²) >= 11 is -1.86. The van der Waals surface area contributed by atoms with E-state index in [2.05, 4.69) is 18.8 Å². The Morgan fingerprint density at radius 3 is 2.29 bits per heavy atom. The second kappa shape index (κ2) is 11.0. The van der Waals surface area contributed by atoms with E-state index in [1.54, 1.807) is 0 Å². The molecule has 4 nitrogen and oxygen atoms in total. The van der Waals surface area contributed by atoms with Crippen LogP contribution in [0.2, 0.25) is 0 Å². The summed E-state index contributed by atoms with van der Waals surface area (Å²) in [6.07, 6.45) is 2.66. The second-order valence-electron chi connectivity index (χ2n) is 7.33. The Hall–Kier alpha value is -2.86. The zero-order valence-corrected chi connectivity index (χ0v) is 18.3. The van der Waals surface area contributed by atoms with Crippen molar-refractivity contribution < 1.29 is 13.6 Å². The van der Waals surface area contributed by atoms with Gasteiger partial charge in [0.25, 0.3) is 0 Å². The van der Waals surface area contributed by atoms with Gasteiger partial charge in [-0.2, -0.15) is 0 Å². The highest BCUT2D eigenvalue weighted by Gasteiger charge is 2.21. The van der Waals surface area contributed by atoms with E-state index in [-0.39, 0.29) is 23.6 Å². The normalized spacial score (nSPS) is 13.9. The number of hydrogen-bond acceptors (Lipinski definition) is 3. The Morgan fingerprint density at radius 1 is 1.03 bits per heavy atom. The molecule has 3 atom stereocenters. The number of benzene rings is 3. The molecule has 0 fully saturated rings. The Morgan fingerprint density at radius 2 is 1.68 bits per heavy atom. The van der Waals surface area contributed by atoms with E-state index in [0.29, 0.717) is 11.1 Å². The maximum Gasteiger partial charge on any atom is 0.193 e. The third-order valence-corrected chi connectivity index (χ3v) is 5.85. The van der Waals surface area contributed by atoms with Crippen LogP contribution in [0.25, 0.3) is 0 Å². The summed E-state index contributed by atoms with van der Waals surface area (Å²) in [4.78, 5) is 13.1. The van der Waals surface area contributed by atoms with E-state index in [0.717, 1.165) is 23.1 Å². The van der Waals surface area contributed by atoms with Crippen molar-refractivity contribution in [3.63, 3.8) is 0 Å². The monoisotopic (exact) mass is 433 g/mol. The fraction of sp³-hybridized carbons (Fsp3) is 0.192. The summed E-state index contributed by atoms with van der Waals surface area (Å²) < 4.78 is 20.1. The van der Waals surface area contributed by atoms with E-state index in [9.17, 15) is 9.00 Å². The number of rotatable bonds is 10. The number of ketones is 1. The van der Waals surface area contributed by atoms with Crippen molar-refractivity contribution in [2.24, 2.45) is 0 Å². The Kier molecular flexibility index (Phi) is 8.06. The molecular formula is C26H27NO3S. The molecule has 0 spiro atoms. The van der Waals surface area contributed by atoms with Crippen LogP contribution in [-0.2, 0) is 16.8 Å². The predicted molar refractivity (Wildman–Crippen MR) is 126 cm³/mol. The van der Waals surface area contributed by atoms with Crippen molar-refractivity contribution in [1.29, 1.82) is 0 Å². The van der Waals surface area contributed by atoms with Crippen LogP contribution < -0.4 is 5.32 Å². The van der Waals surface area contributed by atoms with Gasteiger partial charge in [0.15, 0.2) is 16.9 Å². The fourth-order valence-corrected chi connectivity index (χ4v) is 4.14. The van der Waals surface area contributed by atoms with Crippen LogP contribution in [0.3, 0.4) is 0 Å². The summed E-state index contributed by atoms with van der Waals surface area (Å²) in [7, 11) is 0. The van der Waals surface area contributed by atoms with Gasteiger partial charge in [0.05, 0.1) is 11.8 Å². The topological polar surface area (TPSA) is 66.4 Å². The van der Waals surface area contributed by atoms with Crippen molar-refractivity contribution >= 4 is 16.9 Å². The first-order valence-corrected chi connectivity index (χ1v) is 11.5. The van der Waals surface area contributed by atoms with Gasteiger partial charge in [-0.05, 0) is 23.1 Å². The number of carbonyl (C=O) groups is 1. The Bertz CT molecular complexity index is 1050. The molecule has 0 aliphatic carbocycles. The molecule has 0 saturated heterocycles. The average Bonchev–Trinajstić information content (AvgIpc) is 2.80. The van der Waals surface area contributed by atoms with E-state index < -0.39 is 11.1 Å². The molecule has 3 rings (SSSR count). The molecule has 5 heteroatoms. The first-order chi connectivity index (χ1) is 15.0. The number of carbonyl (C=O) groups excluding carboxylic acids is 1. The molecule has 0 aliphatic rings. The van der Waals surface area contributed by atoms with E-state index in [1.807, 2.05) is 84.9 Å². The van der Waals surface area contributed by atoms with E-state index in [1.165, 1.54) is 0 Å². The summed E-state index contributed by atoms with van der Waals surface area (Å²) in [5.74, 6) is 0.105. The zero-order valence-electron chi connectivity index (χ0n) is 17.5. The lowest BCUT2D eigenvalue weighted by Crippen LogP contribution is -2.26. The van der Waals surface area contributed by atoms with Crippen LogP contribution in [0.1, 0.15) is 58.0 Å². The maximum absolute atomic E-state index is 13.1.